The molecule has 2 rings (SSSR count). The summed E-state index contributed by atoms with van der Waals surface area (Å²) in [6, 6.07) is -0.0478. The standard InChI is InChI=1S/C14H26N2O2/c1-18-14(17)13(16-10-6-3-7-11-16)12-15-8-4-2-5-9-15/h13H,2-12H2,1H3. The maximum absolute atomic E-state index is 12.0. The zero-order valence-electron chi connectivity index (χ0n) is 11.6. The molecule has 2 aliphatic rings. The lowest BCUT2D eigenvalue weighted by Crippen LogP contribution is -2.51. The van der Waals surface area contributed by atoms with E-state index in [1.54, 1.807) is 0 Å². The van der Waals surface area contributed by atoms with Gasteiger partial charge in [-0.05, 0) is 51.9 Å². The Hall–Kier alpha value is -0.610. The fourth-order valence-corrected chi connectivity index (χ4v) is 3.09. The Kier molecular flexibility index (Phi) is 5.45. The van der Waals surface area contributed by atoms with Gasteiger partial charge in [0.2, 0.25) is 0 Å². The molecule has 2 saturated heterocycles. The molecule has 0 aromatic heterocycles. The lowest BCUT2D eigenvalue weighted by Gasteiger charge is -2.37. The van der Waals surface area contributed by atoms with Crippen LogP contribution in [0.2, 0.25) is 0 Å². The summed E-state index contributed by atoms with van der Waals surface area (Å²) >= 11 is 0. The van der Waals surface area contributed by atoms with Crippen LogP contribution in [0.1, 0.15) is 38.5 Å². The summed E-state index contributed by atoms with van der Waals surface area (Å²) in [7, 11) is 1.51. The van der Waals surface area contributed by atoms with Crippen LogP contribution in [0.4, 0.5) is 0 Å². The Morgan fingerprint density at radius 2 is 1.56 bits per heavy atom. The summed E-state index contributed by atoms with van der Waals surface area (Å²) in [5.41, 5.74) is 0. The van der Waals surface area contributed by atoms with Crippen molar-refractivity contribution >= 4 is 5.97 Å². The maximum atomic E-state index is 12.0. The average Bonchev–Trinajstić information content (AvgIpc) is 2.46. The van der Waals surface area contributed by atoms with E-state index in [-0.39, 0.29) is 12.0 Å². The second-order valence-corrected chi connectivity index (χ2v) is 5.50. The van der Waals surface area contributed by atoms with Gasteiger partial charge in [-0.1, -0.05) is 12.8 Å². The summed E-state index contributed by atoms with van der Waals surface area (Å²) < 4.78 is 5.00. The number of rotatable bonds is 4. The molecule has 2 heterocycles. The third-order valence-corrected chi connectivity index (χ3v) is 4.18. The molecule has 4 nitrogen and oxygen atoms in total. The molecule has 0 aromatic carbocycles. The molecule has 104 valence electrons. The Bertz CT molecular complexity index is 259. The molecule has 0 radical (unpaired) electrons. The van der Waals surface area contributed by atoms with Gasteiger partial charge < -0.3 is 9.64 Å². The lowest BCUT2D eigenvalue weighted by atomic mass is 10.1. The Morgan fingerprint density at radius 1 is 1.00 bits per heavy atom. The van der Waals surface area contributed by atoms with Gasteiger partial charge in [-0.15, -0.1) is 0 Å². The SMILES string of the molecule is COC(=O)C(CN1CCCCC1)N1CCCCC1. The number of hydrogen-bond donors (Lipinski definition) is 0. The minimum Gasteiger partial charge on any atom is -0.468 e. The highest BCUT2D eigenvalue weighted by Gasteiger charge is 2.30. The van der Waals surface area contributed by atoms with Crippen LogP contribution >= 0.6 is 0 Å². The van der Waals surface area contributed by atoms with E-state index in [1.165, 1.54) is 45.6 Å². The van der Waals surface area contributed by atoms with Crippen LogP contribution in [0.25, 0.3) is 0 Å². The smallest absolute Gasteiger partial charge is 0.324 e. The normalized spacial score (nSPS) is 24.7. The molecule has 1 unspecified atom stereocenters. The average molecular weight is 254 g/mol. The molecule has 1 atom stereocenters. The van der Waals surface area contributed by atoms with Crippen molar-refractivity contribution in [2.24, 2.45) is 0 Å². The topological polar surface area (TPSA) is 32.8 Å². The van der Waals surface area contributed by atoms with E-state index >= 15 is 0 Å². The van der Waals surface area contributed by atoms with Crippen LogP contribution in [-0.2, 0) is 9.53 Å². The fourth-order valence-electron chi connectivity index (χ4n) is 3.09. The van der Waals surface area contributed by atoms with Gasteiger partial charge in [-0.3, -0.25) is 9.69 Å². The van der Waals surface area contributed by atoms with Crippen LogP contribution < -0.4 is 0 Å². The molecule has 0 saturated carbocycles. The van der Waals surface area contributed by atoms with Crippen molar-refractivity contribution in [1.82, 2.24) is 9.80 Å². The summed E-state index contributed by atoms with van der Waals surface area (Å²) in [5, 5.41) is 0. The fraction of sp³-hybridized carbons (Fsp3) is 0.929. The number of likely N-dealkylation sites (tertiary alicyclic amines) is 2. The van der Waals surface area contributed by atoms with Crippen molar-refractivity contribution in [1.29, 1.82) is 0 Å². The van der Waals surface area contributed by atoms with Crippen LogP contribution in [0, 0.1) is 0 Å². The van der Waals surface area contributed by atoms with Gasteiger partial charge in [-0.25, -0.2) is 0 Å². The number of carbonyl (C=O) groups is 1. The van der Waals surface area contributed by atoms with Crippen LogP contribution in [0.5, 0.6) is 0 Å². The van der Waals surface area contributed by atoms with E-state index in [0.717, 1.165) is 32.7 Å². The van der Waals surface area contributed by atoms with Crippen LogP contribution in [-0.4, -0.2) is 61.6 Å². The highest BCUT2D eigenvalue weighted by Crippen LogP contribution is 2.16. The zero-order chi connectivity index (χ0) is 12.8. The van der Waals surface area contributed by atoms with Crippen LogP contribution in [0.3, 0.4) is 0 Å². The van der Waals surface area contributed by atoms with E-state index in [1.807, 2.05) is 0 Å². The number of carbonyl (C=O) groups excluding carboxylic acids is 1. The first-order chi connectivity index (χ1) is 8.81. The first-order valence-electron chi connectivity index (χ1n) is 7.35. The predicted octanol–water partition coefficient (Wildman–Crippen LogP) is 1.50. The molecule has 18 heavy (non-hydrogen) atoms. The number of esters is 1. The Morgan fingerprint density at radius 3 is 2.11 bits per heavy atom. The van der Waals surface area contributed by atoms with Gasteiger partial charge in [-0.2, -0.15) is 0 Å². The molecule has 2 fully saturated rings. The van der Waals surface area contributed by atoms with Crippen molar-refractivity contribution in [3.05, 3.63) is 0 Å². The number of piperidine rings is 2. The molecule has 0 aromatic rings. The van der Waals surface area contributed by atoms with E-state index in [9.17, 15) is 4.79 Å². The second kappa shape index (κ2) is 7.10. The summed E-state index contributed by atoms with van der Waals surface area (Å²) in [6.07, 6.45) is 7.61. The first kappa shape index (κ1) is 13.8. The second-order valence-electron chi connectivity index (χ2n) is 5.50. The van der Waals surface area contributed by atoms with Crippen molar-refractivity contribution in [3.63, 3.8) is 0 Å². The molecular formula is C14H26N2O2. The molecule has 0 bridgehead atoms. The monoisotopic (exact) mass is 254 g/mol. The lowest BCUT2D eigenvalue weighted by molar-refractivity contribution is -0.148. The maximum Gasteiger partial charge on any atom is 0.324 e. The highest BCUT2D eigenvalue weighted by atomic mass is 16.5. The molecule has 0 spiro atoms. The van der Waals surface area contributed by atoms with Gasteiger partial charge in [0.15, 0.2) is 0 Å². The molecule has 0 amide bonds. The van der Waals surface area contributed by atoms with Crippen molar-refractivity contribution < 1.29 is 9.53 Å². The minimum atomic E-state index is -0.0533. The van der Waals surface area contributed by atoms with E-state index in [0.29, 0.717) is 0 Å². The van der Waals surface area contributed by atoms with E-state index in [4.69, 9.17) is 4.74 Å². The first-order valence-corrected chi connectivity index (χ1v) is 7.35. The van der Waals surface area contributed by atoms with Gasteiger partial charge >= 0.3 is 5.97 Å². The Balaban J connectivity index is 1.92. The number of nitrogens with zero attached hydrogens (tertiary/aromatic N) is 2. The molecular weight excluding hydrogens is 228 g/mol. The van der Waals surface area contributed by atoms with Crippen molar-refractivity contribution in [2.75, 3.05) is 39.8 Å². The molecule has 0 N–H and O–H groups in total. The number of methoxy groups -OCH3 is 1. The zero-order valence-corrected chi connectivity index (χ0v) is 11.6. The van der Waals surface area contributed by atoms with E-state index < -0.39 is 0 Å². The van der Waals surface area contributed by atoms with Gasteiger partial charge in [0, 0.05) is 6.54 Å². The van der Waals surface area contributed by atoms with Crippen molar-refractivity contribution in [2.45, 2.75) is 44.6 Å². The summed E-state index contributed by atoms with van der Waals surface area (Å²) in [4.78, 5) is 16.7. The summed E-state index contributed by atoms with van der Waals surface area (Å²) in [5.74, 6) is -0.0533. The molecule has 4 heteroatoms. The Labute approximate surface area is 110 Å². The largest absolute Gasteiger partial charge is 0.468 e. The van der Waals surface area contributed by atoms with Gasteiger partial charge in [0.05, 0.1) is 7.11 Å². The van der Waals surface area contributed by atoms with Crippen LogP contribution in [0.15, 0.2) is 0 Å². The number of hydrogen-bond acceptors (Lipinski definition) is 4. The summed E-state index contributed by atoms with van der Waals surface area (Å²) in [6.45, 7) is 5.23. The molecule has 2 aliphatic heterocycles. The van der Waals surface area contributed by atoms with Gasteiger partial charge in [0.1, 0.15) is 6.04 Å². The van der Waals surface area contributed by atoms with Gasteiger partial charge in [0.25, 0.3) is 0 Å². The number of ether oxygens (including phenoxy) is 1. The highest BCUT2D eigenvalue weighted by molar-refractivity contribution is 5.76. The van der Waals surface area contributed by atoms with Crippen molar-refractivity contribution in [3.8, 4) is 0 Å². The molecule has 0 aliphatic carbocycles. The third-order valence-electron chi connectivity index (χ3n) is 4.18. The third kappa shape index (κ3) is 3.69. The quantitative estimate of drug-likeness (QED) is 0.712. The van der Waals surface area contributed by atoms with E-state index in [2.05, 4.69) is 9.80 Å². The predicted molar refractivity (Wildman–Crippen MR) is 71.5 cm³/mol. The minimum absolute atomic E-state index is 0.0478.